The third-order valence-electron chi connectivity index (χ3n) is 3.38. The summed E-state index contributed by atoms with van der Waals surface area (Å²) in [4.78, 5) is 24.1. The van der Waals surface area contributed by atoms with Crippen LogP contribution in [0.5, 0.6) is 0 Å². The van der Waals surface area contributed by atoms with Gasteiger partial charge in [0, 0.05) is 18.2 Å². The molecule has 0 aromatic heterocycles. The fourth-order valence-electron chi connectivity index (χ4n) is 2.36. The van der Waals surface area contributed by atoms with E-state index in [1.54, 1.807) is 0 Å². The van der Waals surface area contributed by atoms with Gasteiger partial charge in [0.05, 0.1) is 11.6 Å². The standard InChI is InChI=1S/C16H21N3O2/c1-11(2)17-15(20)10-9-14-12(3)18-19(16(14)21)13-7-5-4-6-8-13/h4-8,11,14H,9-10H2,1-3H3,(H,17,20)/t14-/m1/s1. The number of amides is 2. The van der Waals surface area contributed by atoms with Crippen molar-refractivity contribution in [3.63, 3.8) is 0 Å². The van der Waals surface area contributed by atoms with E-state index in [0.717, 1.165) is 11.4 Å². The summed E-state index contributed by atoms with van der Waals surface area (Å²) in [6.45, 7) is 5.68. The molecule has 1 aliphatic heterocycles. The van der Waals surface area contributed by atoms with Crippen molar-refractivity contribution in [3.8, 4) is 0 Å². The van der Waals surface area contributed by atoms with Crippen LogP contribution in [0.2, 0.25) is 0 Å². The molecule has 1 aliphatic rings. The van der Waals surface area contributed by atoms with Crippen LogP contribution in [-0.2, 0) is 9.59 Å². The van der Waals surface area contributed by atoms with Gasteiger partial charge >= 0.3 is 0 Å². The van der Waals surface area contributed by atoms with Crippen LogP contribution >= 0.6 is 0 Å². The van der Waals surface area contributed by atoms with Crippen molar-refractivity contribution >= 4 is 23.2 Å². The summed E-state index contributed by atoms with van der Waals surface area (Å²) in [7, 11) is 0. The normalized spacial score (nSPS) is 18.1. The Bertz CT molecular complexity index is 552. The lowest BCUT2D eigenvalue weighted by atomic mass is 9.98. The molecule has 0 aliphatic carbocycles. The van der Waals surface area contributed by atoms with Crippen LogP contribution in [0.15, 0.2) is 35.4 Å². The molecule has 1 N–H and O–H groups in total. The number of nitrogens with zero attached hydrogens (tertiary/aromatic N) is 2. The first-order valence-electron chi connectivity index (χ1n) is 7.22. The van der Waals surface area contributed by atoms with E-state index in [1.165, 1.54) is 5.01 Å². The number of benzene rings is 1. The van der Waals surface area contributed by atoms with E-state index in [9.17, 15) is 9.59 Å². The van der Waals surface area contributed by atoms with Gasteiger partial charge in [0.15, 0.2) is 0 Å². The summed E-state index contributed by atoms with van der Waals surface area (Å²) in [6.07, 6.45) is 0.833. The van der Waals surface area contributed by atoms with Crippen molar-refractivity contribution in [1.82, 2.24) is 5.32 Å². The van der Waals surface area contributed by atoms with Crippen molar-refractivity contribution in [2.45, 2.75) is 39.7 Å². The Morgan fingerprint density at radius 3 is 2.62 bits per heavy atom. The number of carbonyl (C=O) groups excluding carboxylic acids is 2. The van der Waals surface area contributed by atoms with Gasteiger partial charge in [-0.15, -0.1) is 0 Å². The van der Waals surface area contributed by atoms with E-state index in [-0.39, 0.29) is 23.8 Å². The average Bonchev–Trinajstić information content (AvgIpc) is 2.72. The number of hydrogen-bond donors (Lipinski definition) is 1. The zero-order chi connectivity index (χ0) is 15.4. The molecule has 112 valence electrons. The fourth-order valence-corrected chi connectivity index (χ4v) is 2.36. The zero-order valence-corrected chi connectivity index (χ0v) is 12.7. The maximum Gasteiger partial charge on any atom is 0.256 e. The molecule has 5 nitrogen and oxygen atoms in total. The Morgan fingerprint density at radius 1 is 1.33 bits per heavy atom. The van der Waals surface area contributed by atoms with E-state index in [0.29, 0.717) is 12.8 Å². The quantitative estimate of drug-likeness (QED) is 0.903. The largest absolute Gasteiger partial charge is 0.354 e. The van der Waals surface area contributed by atoms with Crippen LogP contribution in [0.3, 0.4) is 0 Å². The molecule has 1 aromatic rings. The Morgan fingerprint density at radius 2 is 2.00 bits per heavy atom. The lowest BCUT2D eigenvalue weighted by Crippen LogP contribution is -2.32. The van der Waals surface area contributed by atoms with Crippen LogP contribution in [0.1, 0.15) is 33.6 Å². The summed E-state index contributed by atoms with van der Waals surface area (Å²) in [5.41, 5.74) is 1.53. The van der Waals surface area contributed by atoms with E-state index < -0.39 is 0 Å². The Balaban J connectivity index is 1.99. The zero-order valence-electron chi connectivity index (χ0n) is 12.7. The summed E-state index contributed by atoms with van der Waals surface area (Å²) in [6, 6.07) is 9.46. The molecule has 2 rings (SSSR count). The number of carbonyl (C=O) groups is 2. The predicted molar refractivity (Wildman–Crippen MR) is 83.0 cm³/mol. The van der Waals surface area contributed by atoms with Crippen LogP contribution in [-0.4, -0.2) is 23.6 Å². The highest BCUT2D eigenvalue weighted by molar-refractivity contribution is 6.14. The molecule has 1 atom stereocenters. The summed E-state index contributed by atoms with van der Waals surface area (Å²) >= 11 is 0. The van der Waals surface area contributed by atoms with E-state index in [4.69, 9.17) is 0 Å². The fraction of sp³-hybridized carbons (Fsp3) is 0.438. The van der Waals surface area contributed by atoms with Gasteiger partial charge in [-0.05, 0) is 39.3 Å². The lowest BCUT2D eigenvalue weighted by molar-refractivity contribution is -0.122. The average molecular weight is 287 g/mol. The molecule has 1 heterocycles. The second kappa shape index (κ2) is 6.52. The lowest BCUT2D eigenvalue weighted by Gasteiger charge is -2.14. The van der Waals surface area contributed by atoms with Gasteiger partial charge in [-0.1, -0.05) is 18.2 Å². The molecule has 0 bridgehead atoms. The number of para-hydroxylation sites is 1. The molecule has 0 saturated heterocycles. The van der Waals surface area contributed by atoms with Gasteiger partial charge in [-0.25, -0.2) is 5.01 Å². The van der Waals surface area contributed by atoms with E-state index >= 15 is 0 Å². The van der Waals surface area contributed by atoms with Crippen molar-refractivity contribution in [1.29, 1.82) is 0 Å². The van der Waals surface area contributed by atoms with E-state index in [1.807, 2.05) is 51.1 Å². The highest BCUT2D eigenvalue weighted by atomic mass is 16.2. The number of anilines is 1. The summed E-state index contributed by atoms with van der Waals surface area (Å²) < 4.78 is 0. The maximum absolute atomic E-state index is 12.4. The summed E-state index contributed by atoms with van der Waals surface area (Å²) in [5, 5.41) is 8.60. The molecule has 2 amide bonds. The highest BCUT2D eigenvalue weighted by Gasteiger charge is 2.34. The number of rotatable bonds is 5. The smallest absolute Gasteiger partial charge is 0.256 e. The Kier molecular flexibility index (Phi) is 4.73. The Hall–Kier alpha value is -2.17. The molecular weight excluding hydrogens is 266 g/mol. The number of nitrogens with one attached hydrogen (secondary N) is 1. The summed E-state index contributed by atoms with van der Waals surface area (Å²) in [5.74, 6) is -0.386. The second-order valence-corrected chi connectivity index (χ2v) is 5.54. The third-order valence-corrected chi connectivity index (χ3v) is 3.38. The maximum atomic E-state index is 12.4. The van der Waals surface area contributed by atoms with Gasteiger partial charge in [0.2, 0.25) is 5.91 Å². The first kappa shape index (κ1) is 15.2. The first-order valence-corrected chi connectivity index (χ1v) is 7.22. The minimum atomic E-state index is -0.303. The Labute approximate surface area is 125 Å². The predicted octanol–water partition coefficient (Wildman–Crippen LogP) is 2.33. The van der Waals surface area contributed by atoms with Crippen LogP contribution in [0, 0.1) is 5.92 Å². The minimum Gasteiger partial charge on any atom is -0.354 e. The van der Waals surface area contributed by atoms with Gasteiger partial charge in [-0.3, -0.25) is 9.59 Å². The van der Waals surface area contributed by atoms with Gasteiger partial charge < -0.3 is 5.32 Å². The molecule has 0 saturated carbocycles. The van der Waals surface area contributed by atoms with Crippen molar-refractivity contribution in [3.05, 3.63) is 30.3 Å². The monoisotopic (exact) mass is 287 g/mol. The molecular formula is C16H21N3O2. The van der Waals surface area contributed by atoms with Crippen molar-refractivity contribution in [2.75, 3.05) is 5.01 Å². The van der Waals surface area contributed by atoms with Gasteiger partial charge in [0.25, 0.3) is 5.91 Å². The molecule has 0 fully saturated rings. The number of hydrazone groups is 1. The van der Waals surface area contributed by atoms with Crippen LogP contribution in [0.4, 0.5) is 5.69 Å². The van der Waals surface area contributed by atoms with Gasteiger partial charge in [0.1, 0.15) is 0 Å². The molecule has 0 spiro atoms. The van der Waals surface area contributed by atoms with Crippen molar-refractivity contribution < 1.29 is 9.59 Å². The highest BCUT2D eigenvalue weighted by Crippen LogP contribution is 2.26. The van der Waals surface area contributed by atoms with Crippen LogP contribution < -0.4 is 10.3 Å². The van der Waals surface area contributed by atoms with Gasteiger partial charge in [-0.2, -0.15) is 5.10 Å². The van der Waals surface area contributed by atoms with E-state index in [2.05, 4.69) is 10.4 Å². The first-order chi connectivity index (χ1) is 9.99. The molecule has 21 heavy (non-hydrogen) atoms. The third kappa shape index (κ3) is 3.68. The molecule has 5 heteroatoms. The van der Waals surface area contributed by atoms with Crippen LogP contribution in [0.25, 0.3) is 0 Å². The molecule has 0 radical (unpaired) electrons. The SMILES string of the molecule is CC1=NN(c2ccccc2)C(=O)[C@@H]1CCC(=O)NC(C)C. The second-order valence-electron chi connectivity index (χ2n) is 5.54. The topological polar surface area (TPSA) is 61.8 Å². The van der Waals surface area contributed by atoms with Crippen molar-refractivity contribution in [2.24, 2.45) is 11.0 Å². The minimum absolute atomic E-state index is 0.0243. The number of hydrogen-bond acceptors (Lipinski definition) is 3. The molecule has 1 aromatic carbocycles. The molecule has 0 unspecified atom stereocenters.